The van der Waals surface area contributed by atoms with E-state index in [0.717, 1.165) is 96.4 Å². The van der Waals surface area contributed by atoms with Crippen molar-refractivity contribution in [2.45, 2.75) is 63.7 Å². The molecule has 1 aliphatic carbocycles. The molecule has 2 aliphatic heterocycles. The fraction of sp³-hybridized carbons (Fsp3) is 0.167. The Morgan fingerprint density at radius 1 is 0.523 bits per heavy atom. The molecule has 0 atom stereocenters. The zero-order valence-corrected chi connectivity index (χ0v) is 37.4. The number of benzene rings is 8. The van der Waals surface area contributed by atoms with Gasteiger partial charge < -0.3 is 19.1 Å². The number of hydrogen-bond donors (Lipinski definition) is 1. The molecule has 2 aromatic heterocycles. The van der Waals surface area contributed by atoms with Crippen molar-refractivity contribution in [3.63, 3.8) is 0 Å². The Balaban J connectivity index is 1.16. The van der Waals surface area contributed by atoms with Gasteiger partial charge in [0.1, 0.15) is 11.2 Å². The van der Waals surface area contributed by atoms with Crippen LogP contribution >= 0.6 is 0 Å². The molecule has 1 radical (unpaired) electrons. The lowest BCUT2D eigenvalue weighted by Gasteiger charge is -2.44. The fourth-order valence-corrected chi connectivity index (χ4v) is 11.8. The van der Waals surface area contributed by atoms with Gasteiger partial charge in [-0.2, -0.15) is 0 Å². The third-order valence-corrected chi connectivity index (χ3v) is 15.2. The Morgan fingerprint density at radius 2 is 1.12 bits per heavy atom. The monoisotopic (exact) mass is 839 g/mol. The van der Waals surface area contributed by atoms with Gasteiger partial charge in [0.05, 0.1) is 28.1 Å². The second-order valence-corrected chi connectivity index (χ2v) is 19.8. The molecule has 0 unspecified atom stereocenters. The zero-order valence-electron chi connectivity index (χ0n) is 37.4. The van der Waals surface area contributed by atoms with E-state index in [9.17, 15) is 0 Å². The first kappa shape index (κ1) is 38.2. The van der Waals surface area contributed by atoms with Gasteiger partial charge in [-0.15, -0.1) is 0 Å². The van der Waals surface area contributed by atoms with Gasteiger partial charge in [0.2, 0.25) is 7.28 Å². The van der Waals surface area contributed by atoms with Gasteiger partial charge >= 0.3 is 0 Å². The maximum absolute atomic E-state index is 7.12. The molecule has 4 nitrogen and oxygen atoms in total. The molecule has 0 saturated heterocycles. The number of anilines is 5. The lowest BCUT2D eigenvalue weighted by atomic mass is 9.59. The molecule has 0 amide bonds. The third-order valence-electron chi connectivity index (χ3n) is 15.2. The number of nitrogens with zero attached hydrogens (tertiary/aromatic N) is 1. The number of nitrogens with one attached hydrogen (secondary N) is 1. The van der Waals surface area contributed by atoms with Crippen LogP contribution in [0.3, 0.4) is 0 Å². The lowest BCUT2D eigenvalue weighted by molar-refractivity contribution is 0.332. The second-order valence-electron chi connectivity index (χ2n) is 19.8. The molecule has 3 aliphatic rings. The minimum atomic E-state index is -0.606. The van der Waals surface area contributed by atoms with E-state index in [4.69, 9.17) is 8.83 Å². The van der Waals surface area contributed by atoms with Crippen LogP contribution in [-0.2, 0) is 16.2 Å². The van der Waals surface area contributed by atoms with Gasteiger partial charge in [0.25, 0.3) is 0 Å². The SMILES string of the molecule is Cc1cc2c(cc1N1c3c(oc4ccccc34)[B]c3c(-c4cccc5c4Nc4ccccc4C5(c4ccccc4)c4ccccc4)cc4c(oc5ccccc54)c31)C(C)(C)CCC2(C)C. The van der Waals surface area contributed by atoms with E-state index in [1.54, 1.807) is 0 Å². The number of fused-ring (bicyclic) bond motifs is 11. The molecule has 0 saturated carbocycles. The predicted octanol–water partition coefficient (Wildman–Crippen LogP) is 14.5. The molecule has 0 fully saturated rings. The van der Waals surface area contributed by atoms with Crippen LogP contribution in [-0.4, -0.2) is 7.28 Å². The number of furan rings is 2. The number of rotatable bonds is 4. The normalized spacial score (nSPS) is 16.2. The maximum Gasteiger partial charge on any atom is 0.247 e. The van der Waals surface area contributed by atoms with Gasteiger partial charge in [-0.3, -0.25) is 0 Å². The minimum Gasteiger partial charge on any atom is -0.469 e. The van der Waals surface area contributed by atoms with E-state index in [1.165, 1.54) is 38.9 Å². The van der Waals surface area contributed by atoms with Gasteiger partial charge in [-0.1, -0.05) is 161 Å². The Labute approximate surface area is 380 Å². The standard InChI is InChI=1S/C60H48BN2O2/c1-36-33-46-47(59(4,5)32-31-58(46,2)3)35-49(36)63-54-41-24-13-17-30-51(41)65-57(54)61-52-42(34-43-39-23-12-16-29-50(39)64-56(43)55(52)63)40-25-18-27-45-53(40)62-48-28-15-14-26-44(48)60(45,37-19-8-6-9-20-37)38-21-10-7-11-22-38/h6-30,33-35,62H,31-32H2,1-5H3. The average Bonchev–Trinajstić information content (AvgIpc) is 3.90. The van der Waals surface area contributed by atoms with E-state index < -0.39 is 5.41 Å². The largest absolute Gasteiger partial charge is 0.469 e. The molecule has 313 valence electrons. The van der Waals surface area contributed by atoms with Crippen LogP contribution in [0.2, 0.25) is 0 Å². The van der Waals surface area contributed by atoms with E-state index >= 15 is 0 Å². The topological polar surface area (TPSA) is 41.6 Å². The van der Waals surface area contributed by atoms with Crippen LogP contribution in [0.15, 0.2) is 179 Å². The molecule has 8 aromatic carbocycles. The van der Waals surface area contributed by atoms with Crippen LogP contribution in [0.5, 0.6) is 0 Å². The highest BCUT2D eigenvalue weighted by molar-refractivity contribution is 6.73. The highest BCUT2D eigenvalue weighted by Gasteiger charge is 2.46. The molecule has 13 rings (SSSR count). The molecule has 1 N–H and O–H groups in total. The van der Waals surface area contributed by atoms with Crippen molar-refractivity contribution in [2.75, 3.05) is 10.2 Å². The first-order valence-corrected chi connectivity index (χ1v) is 23.1. The maximum atomic E-state index is 7.12. The van der Waals surface area contributed by atoms with Crippen molar-refractivity contribution in [2.24, 2.45) is 0 Å². The van der Waals surface area contributed by atoms with Crippen LogP contribution in [0, 0.1) is 6.92 Å². The van der Waals surface area contributed by atoms with E-state index in [1.807, 2.05) is 0 Å². The molecule has 0 bridgehead atoms. The molecular formula is C60H48BN2O2. The summed E-state index contributed by atoms with van der Waals surface area (Å²) in [7, 11) is 2.28. The first-order chi connectivity index (χ1) is 31.6. The van der Waals surface area contributed by atoms with Crippen LogP contribution in [0.4, 0.5) is 28.4 Å². The van der Waals surface area contributed by atoms with Gasteiger partial charge in [0.15, 0.2) is 5.58 Å². The summed E-state index contributed by atoms with van der Waals surface area (Å²) in [5.74, 6) is 0. The van der Waals surface area contributed by atoms with Gasteiger partial charge in [0, 0.05) is 33.1 Å². The molecule has 10 aromatic rings. The average molecular weight is 840 g/mol. The number of hydrogen-bond acceptors (Lipinski definition) is 4. The van der Waals surface area contributed by atoms with E-state index in [2.05, 4.69) is 222 Å². The Morgan fingerprint density at radius 3 is 1.85 bits per heavy atom. The quantitative estimate of drug-likeness (QED) is 0.179. The van der Waals surface area contributed by atoms with Crippen molar-refractivity contribution >= 4 is 79.7 Å². The summed E-state index contributed by atoms with van der Waals surface area (Å²) >= 11 is 0. The van der Waals surface area contributed by atoms with Crippen molar-refractivity contribution in [3.05, 3.63) is 209 Å². The zero-order chi connectivity index (χ0) is 43.8. The summed E-state index contributed by atoms with van der Waals surface area (Å²) in [6, 6.07) is 62.1. The summed E-state index contributed by atoms with van der Waals surface area (Å²) in [6.07, 6.45) is 2.28. The summed E-state index contributed by atoms with van der Waals surface area (Å²) < 4.78 is 14.1. The van der Waals surface area contributed by atoms with Crippen molar-refractivity contribution in [1.29, 1.82) is 0 Å². The Kier molecular flexibility index (Phi) is 8.02. The third kappa shape index (κ3) is 5.33. The van der Waals surface area contributed by atoms with Crippen molar-refractivity contribution in [3.8, 4) is 11.1 Å². The predicted molar refractivity (Wildman–Crippen MR) is 270 cm³/mol. The summed E-state index contributed by atoms with van der Waals surface area (Å²) in [6.45, 7) is 11.9. The lowest BCUT2D eigenvalue weighted by Crippen LogP contribution is -2.41. The summed E-state index contributed by atoms with van der Waals surface area (Å²) in [4.78, 5) is 2.49. The molecule has 4 heterocycles. The van der Waals surface area contributed by atoms with E-state index in [-0.39, 0.29) is 10.8 Å². The first-order valence-electron chi connectivity index (χ1n) is 23.1. The Hall–Kier alpha value is -7.24. The van der Waals surface area contributed by atoms with Gasteiger partial charge in [-0.05, 0) is 117 Å². The highest BCUT2D eigenvalue weighted by Crippen LogP contribution is 2.57. The molecule has 65 heavy (non-hydrogen) atoms. The minimum absolute atomic E-state index is 0.00490. The van der Waals surface area contributed by atoms with Crippen molar-refractivity contribution in [1.82, 2.24) is 0 Å². The molecule has 5 heteroatoms. The Bertz CT molecular complexity index is 3540. The molecular weight excluding hydrogens is 791 g/mol. The van der Waals surface area contributed by atoms with Crippen LogP contribution in [0.1, 0.15) is 79.5 Å². The second kappa shape index (κ2) is 13.6. The number of aryl methyl sites for hydroxylation is 1. The fourth-order valence-electron chi connectivity index (χ4n) is 11.8. The van der Waals surface area contributed by atoms with E-state index in [0.29, 0.717) is 0 Å². The van der Waals surface area contributed by atoms with Gasteiger partial charge in [-0.25, -0.2) is 0 Å². The highest BCUT2D eigenvalue weighted by atomic mass is 16.3. The number of para-hydroxylation sites is 4. The smallest absolute Gasteiger partial charge is 0.247 e. The molecule has 0 spiro atoms. The summed E-state index contributed by atoms with van der Waals surface area (Å²) in [5, 5.41) is 7.29. The van der Waals surface area contributed by atoms with Crippen LogP contribution in [0.25, 0.3) is 44.0 Å². The van der Waals surface area contributed by atoms with Crippen molar-refractivity contribution < 1.29 is 8.83 Å². The summed E-state index contributed by atoms with van der Waals surface area (Å²) in [5.41, 5.74) is 20.5. The van der Waals surface area contributed by atoms with Crippen LogP contribution < -0.4 is 21.3 Å².